The Morgan fingerprint density at radius 3 is 1.63 bits per heavy atom. The van der Waals surface area contributed by atoms with Crippen LogP contribution in [0.5, 0.6) is 0 Å². The Balaban J connectivity index is 2.10. The van der Waals surface area contributed by atoms with Crippen LogP contribution in [-0.2, 0) is 0 Å². The van der Waals surface area contributed by atoms with Crippen molar-refractivity contribution in [3.8, 4) is 0 Å². The van der Waals surface area contributed by atoms with Crippen LogP contribution >= 0.6 is 0 Å². The molecular formula is C25H50N2. The van der Waals surface area contributed by atoms with Gasteiger partial charge in [-0.1, -0.05) is 97.3 Å². The fourth-order valence-corrected chi connectivity index (χ4v) is 4.30. The SMILES string of the molecule is CCCCCCCCCCCCCN1C=CN(C(C)C)C1CCCCCC. The molecule has 0 saturated carbocycles. The Morgan fingerprint density at radius 1 is 0.630 bits per heavy atom. The highest BCUT2D eigenvalue weighted by atomic mass is 15.4. The molecule has 0 spiro atoms. The van der Waals surface area contributed by atoms with Crippen molar-refractivity contribution in [2.24, 2.45) is 0 Å². The first-order chi connectivity index (χ1) is 13.2. The Labute approximate surface area is 171 Å². The van der Waals surface area contributed by atoms with Gasteiger partial charge in [-0.25, -0.2) is 0 Å². The highest BCUT2D eigenvalue weighted by molar-refractivity contribution is 4.98. The summed E-state index contributed by atoms with van der Waals surface area (Å²) in [5.41, 5.74) is 0. The maximum absolute atomic E-state index is 2.62. The van der Waals surface area contributed by atoms with Gasteiger partial charge < -0.3 is 9.80 Å². The molecule has 1 atom stereocenters. The van der Waals surface area contributed by atoms with Gasteiger partial charge in [0.15, 0.2) is 0 Å². The molecule has 2 heteroatoms. The van der Waals surface area contributed by atoms with Crippen molar-refractivity contribution >= 4 is 0 Å². The summed E-state index contributed by atoms with van der Waals surface area (Å²) in [6.45, 7) is 10.5. The van der Waals surface area contributed by atoms with E-state index in [-0.39, 0.29) is 0 Å². The summed E-state index contributed by atoms with van der Waals surface area (Å²) in [6, 6.07) is 0.611. The number of nitrogens with zero attached hydrogens (tertiary/aromatic N) is 2. The van der Waals surface area contributed by atoms with Gasteiger partial charge in [-0.2, -0.15) is 0 Å². The minimum atomic E-state index is 0.611. The lowest BCUT2D eigenvalue weighted by Gasteiger charge is -2.35. The van der Waals surface area contributed by atoms with E-state index in [2.05, 4.69) is 49.9 Å². The van der Waals surface area contributed by atoms with Crippen molar-refractivity contribution < 1.29 is 0 Å². The molecule has 0 radical (unpaired) electrons. The van der Waals surface area contributed by atoms with Crippen LogP contribution in [0.2, 0.25) is 0 Å². The molecule has 0 saturated heterocycles. The minimum Gasteiger partial charge on any atom is -0.356 e. The van der Waals surface area contributed by atoms with Gasteiger partial charge in [0.05, 0.1) is 0 Å². The summed E-state index contributed by atoms with van der Waals surface area (Å²) in [6.07, 6.45) is 27.9. The Kier molecular flexibility index (Phi) is 14.7. The number of hydrogen-bond donors (Lipinski definition) is 0. The van der Waals surface area contributed by atoms with E-state index in [0.717, 1.165) is 0 Å². The molecule has 1 unspecified atom stereocenters. The molecule has 27 heavy (non-hydrogen) atoms. The van der Waals surface area contributed by atoms with Gasteiger partial charge in [-0.3, -0.25) is 0 Å². The normalized spacial score (nSPS) is 16.9. The highest BCUT2D eigenvalue weighted by Gasteiger charge is 2.26. The standard InChI is InChI=1S/C25H50N2/c1-5-7-9-11-12-13-14-15-16-17-19-21-26-22-23-27(24(3)4)25(26)20-18-10-8-6-2/h22-25H,5-21H2,1-4H3. The van der Waals surface area contributed by atoms with Crippen LogP contribution in [-0.4, -0.2) is 28.6 Å². The fourth-order valence-electron chi connectivity index (χ4n) is 4.30. The summed E-state index contributed by atoms with van der Waals surface area (Å²) in [5.74, 6) is 0. The first-order valence-corrected chi connectivity index (χ1v) is 12.4. The van der Waals surface area contributed by atoms with Gasteiger partial charge in [-0.05, 0) is 33.1 Å². The van der Waals surface area contributed by atoms with Crippen molar-refractivity contribution in [1.82, 2.24) is 9.80 Å². The Bertz CT molecular complexity index is 350. The third-order valence-electron chi connectivity index (χ3n) is 6.09. The summed E-state index contributed by atoms with van der Waals surface area (Å²) >= 11 is 0. The van der Waals surface area contributed by atoms with Gasteiger partial charge in [0.2, 0.25) is 0 Å². The predicted molar refractivity (Wildman–Crippen MR) is 122 cm³/mol. The summed E-state index contributed by atoms with van der Waals surface area (Å²) < 4.78 is 0. The highest BCUT2D eigenvalue weighted by Crippen LogP contribution is 2.24. The number of unbranched alkanes of at least 4 members (excludes halogenated alkanes) is 13. The lowest BCUT2D eigenvalue weighted by Crippen LogP contribution is -2.42. The second-order valence-corrected chi connectivity index (χ2v) is 8.94. The maximum Gasteiger partial charge on any atom is 0.101 e. The zero-order valence-corrected chi connectivity index (χ0v) is 19.2. The molecule has 0 amide bonds. The zero-order chi connectivity index (χ0) is 19.7. The molecular weight excluding hydrogens is 328 g/mol. The third kappa shape index (κ3) is 11.1. The maximum atomic E-state index is 2.62. The largest absolute Gasteiger partial charge is 0.356 e. The first-order valence-electron chi connectivity index (χ1n) is 12.4. The van der Waals surface area contributed by atoms with Gasteiger partial charge in [0, 0.05) is 25.0 Å². The van der Waals surface area contributed by atoms with Crippen LogP contribution in [0.3, 0.4) is 0 Å². The number of hydrogen-bond acceptors (Lipinski definition) is 2. The third-order valence-corrected chi connectivity index (χ3v) is 6.09. The summed E-state index contributed by atoms with van der Waals surface area (Å²) in [7, 11) is 0. The van der Waals surface area contributed by atoms with Gasteiger partial charge in [-0.15, -0.1) is 0 Å². The van der Waals surface area contributed by atoms with E-state index in [1.807, 2.05) is 0 Å². The minimum absolute atomic E-state index is 0.611. The molecule has 1 heterocycles. The molecule has 0 fully saturated rings. The van der Waals surface area contributed by atoms with E-state index in [4.69, 9.17) is 0 Å². The molecule has 1 aliphatic heterocycles. The average molecular weight is 379 g/mol. The van der Waals surface area contributed by atoms with Gasteiger partial charge in [0.25, 0.3) is 0 Å². The first kappa shape index (κ1) is 24.4. The smallest absolute Gasteiger partial charge is 0.101 e. The van der Waals surface area contributed by atoms with E-state index in [1.165, 1.54) is 109 Å². The molecule has 0 aromatic carbocycles. The van der Waals surface area contributed by atoms with Crippen molar-refractivity contribution in [3.05, 3.63) is 12.4 Å². The van der Waals surface area contributed by atoms with E-state index in [1.54, 1.807) is 0 Å². The van der Waals surface area contributed by atoms with Crippen molar-refractivity contribution in [3.63, 3.8) is 0 Å². The second-order valence-electron chi connectivity index (χ2n) is 8.94. The molecule has 160 valence electrons. The van der Waals surface area contributed by atoms with Crippen LogP contribution in [0.15, 0.2) is 12.4 Å². The summed E-state index contributed by atoms with van der Waals surface area (Å²) in [5, 5.41) is 0. The van der Waals surface area contributed by atoms with Crippen molar-refractivity contribution in [1.29, 1.82) is 0 Å². The Hall–Kier alpha value is -0.660. The lowest BCUT2D eigenvalue weighted by molar-refractivity contribution is 0.114. The predicted octanol–water partition coefficient (Wildman–Crippen LogP) is 8.09. The molecule has 1 aliphatic rings. The van der Waals surface area contributed by atoms with Crippen molar-refractivity contribution in [2.75, 3.05) is 6.54 Å². The fraction of sp³-hybridized carbons (Fsp3) is 0.920. The van der Waals surface area contributed by atoms with E-state index in [9.17, 15) is 0 Å². The Morgan fingerprint density at radius 2 is 1.11 bits per heavy atom. The molecule has 2 nitrogen and oxygen atoms in total. The quantitative estimate of drug-likeness (QED) is 0.222. The molecule has 0 N–H and O–H groups in total. The van der Waals surface area contributed by atoms with E-state index >= 15 is 0 Å². The molecule has 0 aromatic rings. The van der Waals surface area contributed by atoms with Gasteiger partial charge in [0.1, 0.15) is 6.17 Å². The monoisotopic (exact) mass is 378 g/mol. The molecule has 1 rings (SSSR count). The second kappa shape index (κ2) is 16.3. The van der Waals surface area contributed by atoms with Crippen LogP contribution in [0.4, 0.5) is 0 Å². The van der Waals surface area contributed by atoms with E-state index < -0.39 is 0 Å². The zero-order valence-electron chi connectivity index (χ0n) is 19.2. The lowest BCUT2D eigenvalue weighted by atomic mass is 10.1. The molecule has 0 bridgehead atoms. The van der Waals surface area contributed by atoms with Crippen LogP contribution in [0, 0.1) is 0 Å². The average Bonchev–Trinajstić information content (AvgIpc) is 3.06. The van der Waals surface area contributed by atoms with E-state index in [0.29, 0.717) is 12.2 Å². The van der Waals surface area contributed by atoms with Crippen LogP contribution in [0.1, 0.15) is 130 Å². The van der Waals surface area contributed by atoms with Crippen molar-refractivity contribution in [2.45, 2.75) is 143 Å². The molecule has 0 aromatic heterocycles. The van der Waals surface area contributed by atoms with Crippen LogP contribution in [0.25, 0.3) is 0 Å². The van der Waals surface area contributed by atoms with Gasteiger partial charge >= 0.3 is 0 Å². The molecule has 0 aliphatic carbocycles. The topological polar surface area (TPSA) is 6.48 Å². The summed E-state index contributed by atoms with van der Waals surface area (Å²) in [4.78, 5) is 5.20. The number of rotatable bonds is 18. The van der Waals surface area contributed by atoms with Crippen LogP contribution < -0.4 is 0 Å².